The number of ketones is 1. The number of carbonyl (C=O) groups excluding carboxylic acids is 2. The van der Waals surface area contributed by atoms with Gasteiger partial charge in [0.2, 0.25) is 5.91 Å². The molecule has 8 N–H and O–H groups in total. The Morgan fingerprint density at radius 1 is 1.39 bits per heavy atom. The predicted molar refractivity (Wildman–Crippen MR) is 111 cm³/mol. The largest absolute Gasteiger partial charge is 0.398 e. The van der Waals surface area contributed by atoms with Crippen LogP contribution in [0.1, 0.15) is 43.7 Å². The van der Waals surface area contributed by atoms with Crippen LogP contribution in [0.5, 0.6) is 0 Å². The number of piperidine rings is 1. The van der Waals surface area contributed by atoms with E-state index < -0.39 is 22.7 Å². The average molecular weight is 404 g/mol. The molecule has 1 fully saturated rings. The molecule has 8 heteroatoms. The summed E-state index contributed by atoms with van der Waals surface area (Å²) in [4.78, 5) is 27.3. The molecule has 7 nitrogen and oxygen atoms in total. The number of hydrogen-bond acceptors (Lipinski definition) is 7. The molecular weight excluding hydrogens is 374 g/mol. The highest BCUT2D eigenvalue weighted by molar-refractivity contribution is 8.01. The van der Waals surface area contributed by atoms with Crippen LogP contribution in [0.25, 0.3) is 0 Å². The molecule has 2 heterocycles. The molecule has 3 aliphatic rings. The van der Waals surface area contributed by atoms with E-state index in [4.69, 9.17) is 17.2 Å². The van der Waals surface area contributed by atoms with Crippen molar-refractivity contribution in [3.8, 4) is 0 Å². The van der Waals surface area contributed by atoms with E-state index in [9.17, 15) is 9.59 Å². The third kappa shape index (κ3) is 2.77. The number of benzene rings is 1. The van der Waals surface area contributed by atoms with Gasteiger partial charge in [-0.15, -0.1) is 11.8 Å². The van der Waals surface area contributed by atoms with Crippen LogP contribution in [-0.2, 0) is 15.1 Å². The van der Waals surface area contributed by atoms with Gasteiger partial charge in [0.05, 0.1) is 11.3 Å². The SMILES string of the molecule is CC(C)C1(N)C(=O)C(N)C2c3c1ccc(N)c3SC2C(=O)NC1CCCNC1. The van der Waals surface area contributed by atoms with E-state index >= 15 is 0 Å². The Morgan fingerprint density at radius 3 is 2.79 bits per heavy atom. The Balaban J connectivity index is 1.73. The fourth-order valence-corrected chi connectivity index (χ4v) is 6.26. The number of nitrogens with one attached hydrogen (secondary N) is 2. The van der Waals surface area contributed by atoms with Crippen molar-refractivity contribution in [3.63, 3.8) is 0 Å². The fourth-order valence-electron chi connectivity index (χ4n) is 4.80. The number of anilines is 1. The van der Waals surface area contributed by atoms with Gasteiger partial charge in [0.1, 0.15) is 5.54 Å². The van der Waals surface area contributed by atoms with Crippen LogP contribution in [0.3, 0.4) is 0 Å². The standard InChI is InChI=1S/C20H29N5O2S/c1-9(2)20(23)11-5-6-12(21)16-13(11)14(15(22)18(20)26)17(28-16)19(27)25-10-4-3-7-24-8-10/h5-6,9-10,14-15,17,24H,3-4,7-8,21-23H2,1-2H3,(H,25,27). The van der Waals surface area contributed by atoms with Crippen molar-refractivity contribution in [1.29, 1.82) is 0 Å². The number of hydrogen-bond donors (Lipinski definition) is 5. The normalized spacial score (nSPS) is 34.4. The van der Waals surface area contributed by atoms with E-state index in [-0.39, 0.29) is 23.7 Å². The molecule has 4 rings (SSSR count). The molecule has 0 saturated carbocycles. The number of Topliss-reactive ketones (excluding diaryl/α,β-unsaturated/α-hetero) is 1. The van der Waals surface area contributed by atoms with E-state index in [1.54, 1.807) is 6.07 Å². The molecule has 1 aromatic carbocycles. The zero-order chi connectivity index (χ0) is 20.2. The Morgan fingerprint density at radius 2 is 2.14 bits per heavy atom. The van der Waals surface area contributed by atoms with Gasteiger partial charge < -0.3 is 27.8 Å². The first-order valence-electron chi connectivity index (χ1n) is 9.96. The molecule has 0 spiro atoms. The van der Waals surface area contributed by atoms with Gasteiger partial charge >= 0.3 is 0 Å². The third-order valence-corrected chi connectivity index (χ3v) is 7.94. The maximum absolute atomic E-state index is 13.3. The summed E-state index contributed by atoms with van der Waals surface area (Å²) in [6, 6.07) is 2.91. The zero-order valence-corrected chi connectivity index (χ0v) is 17.1. The van der Waals surface area contributed by atoms with E-state index in [0.29, 0.717) is 5.69 Å². The molecular formula is C20H29N5O2S. The fraction of sp³-hybridized carbons (Fsp3) is 0.600. The average Bonchev–Trinajstić information content (AvgIpc) is 3.08. The first kappa shape index (κ1) is 19.7. The molecule has 1 aromatic rings. The lowest BCUT2D eigenvalue weighted by atomic mass is 9.64. The molecule has 5 unspecified atom stereocenters. The van der Waals surface area contributed by atoms with E-state index in [1.165, 1.54) is 11.8 Å². The molecule has 2 aliphatic heterocycles. The van der Waals surface area contributed by atoms with Gasteiger partial charge in [0, 0.05) is 29.1 Å². The lowest BCUT2D eigenvalue weighted by Crippen LogP contribution is -2.62. The maximum Gasteiger partial charge on any atom is 0.234 e. The number of thioether (sulfide) groups is 1. The lowest BCUT2D eigenvalue weighted by molar-refractivity contribution is -0.129. The molecule has 28 heavy (non-hydrogen) atoms. The Hall–Kier alpha value is -1.61. The van der Waals surface area contributed by atoms with E-state index in [0.717, 1.165) is 42.0 Å². The number of amides is 1. The minimum absolute atomic E-state index is 0.0810. The van der Waals surface area contributed by atoms with Crippen LogP contribution < -0.4 is 27.8 Å². The molecule has 1 aliphatic carbocycles. The number of nitrogens with two attached hydrogens (primary N) is 3. The Bertz CT molecular complexity index is 823. The predicted octanol–water partition coefficient (Wildman–Crippen LogP) is 0.415. The van der Waals surface area contributed by atoms with Crippen molar-refractivity contribution in [2.24, 2.45) is 17.4 Å². The number of nitrogen functional groups attached to an aromatic ring is 1. The smallest absolute Gasteiger partial charge is 0.234 e. The first-order chi connectivity index (χ1) is 13.3. The monoisotopic (exact) mass is 403 g/mol. The van der Waals surface area contributed by atoms with Crippen molar-refractivity contribution in [2.45, 2.75) is 60.4 Å². The molecule has 0 radical (unpaired) electrons. The summed E-state index contributed by atoms with van der Waals surface area (Å²) in [5, 5.41) is 5.97. The number of rotatable bonds is 3. The van der Waals surface area contributed by atoms with Crippen molar-refractivity contribution in [3.05, 3.63) is 23.3 Å². The summed E-state index contributed by atoms with van der Waals surface area (Å²) in [6.07, 6.45) is 1.98. The van der Waals surface area contributed by atoms with Crippen molar-refractivity contribution in [1.82, 2.24) is 10.6 Å². The lowest BCUT2D eigenvalue weighted by Gasteiger charge is -2.43. The highest BCUT2D eigenvalue weighted by Gasteiger charge is 2.56. The Kier molecular flexibility index (Phi) is 4.94. The topological polar surface area (TPSA) is 136 Å². The minimum Gasteiger partial charge on any atom is -0.398 e. The highest BCUT2D eigenvalue weighted by atomic mass is 32.2. The second kappa shape index (κ2) is 7.02. The molecule has 0 aromatic heterocycles. The van der Waals surface area contributed by atoms with Crippen LogP contribution in [-0.4, -0.2) is 42.1 Å². The van der Waals surface area contributed by atoms with Gasteiger partial charge in [-0.25, -0.2) is 0 Å². The second-order valence-corrected chi connectivity index (χ2v) is 9.63. The molecule has 5 atom stereocenters. The Labute approximate surface area is 169 Å². The van der Waals surface area contributed by atoms with Crippen molar-refractivity contribution in [2.75, 3.05) is 18.8 Å². The van der Waals surface area contributed by atoms with Gasteiger partial charge in [0.15, 0.2) is 5.78 Å². The third-order valence-electron chi connectivity index (χ3n) is 6.49. The van der Waals surface area contributed by atoms with Crippen molar-refractivity contribution < 1.29 is 9.59 Å². The van der Waals surface area contributed by atoms with Gasteiger partial charge in [-0.2, -0.15) is 0 Å². The summed E-state index contributed by atoms with van der Waals surface area (Å²) in [7, 11) is 0. The molecule has 152 valence electrons. The summed E-state index contributed by atoms with van der Waals surface area (Å²) in [6.45, 7) is 5.59. The van der Waals surface area contributed by atoms with Crippen LogP contribution in [0.15, 0.2) is 17.0 Å². The number of carbonyl (C=O) groups is 2. The van der Waals surface area contributed by atoms with Gasteiger partial charge in [-0.1, -0.05) is 19.9 Å². The van der Waals surface area contributed by atoms with Crippen LogP contribution in [0.4, 0.5) is 5.69 Å². The quantitative estimate of drug-likeness (QED) is 0.461. The summed E-state index contributed by atoms with van der Waals surface area (Å²) in [5.74, 6) is -0.804. The maximum atomic E-state index is 13.3. The summed E-state index contributed by atoms with van der Waals surface area (Å²) in [5.41, 5.74) is 20.4. The molecule has 1 amide bonds. The van der Waals surface area contributed by atoms with Crippen LogP contribution >= 0.6 is 11.8 Å². The van der Waals surface area contributed by atoms with E-state index in [1.807, 2.05) is 19.9 Å². The van der Waals surface area contributed by atoms with Gasteiger partial charge in [0.25, 0.3) is 0 Å². The molecule has 0 bridgehead atoms. The van der Waals surface area contributed by atoms with Gasteiger partial charge in [-0.05, 0) is 42.5 Å². The summed E-state index contributed by atoms with van der Waals surface area (Å²) < 4.78 is 0. The van der Waals surface area contributed by atoms with Crippen molar-refractivity contribution >= 4 is 29.1 Å². The van der Waals surface area contributed by atoms with Gasteiger partial charge in [-0.3, -0.25) is 9.59 Å². The van der Waals surface area contributed by atoms with E-state index in [2.05, 4.69) is 10.6 Å². The van der Waals surface area contributed by atoms with Crippen LogP contribution in [0.2, 0.25) is 0 Å². The molecule has 1 saturated heterocycles. The van der Waals surface area contributed by atoms with Crippen LogP contribution in [0, 0.1) is 5.92 Å². The highest BCUT2D eigenvalue weighted by Crippen LogP contribution is 2.56. The minimum atomic E-state index is -1.16. The second-order valence-electron chi connectivity index (χ2n) is 8.48. The zero-order valence-electron chi connectivity index (χ0n) is 16.3. The first-order valence-corrected chi connectivity index (χ1v) is 10.8. The summed E-state index contributed by atoms with van der Waals surface area (Å²) >= 11 is 1.42.